The molecule has 0 atom stereocenters. The number of hydrogen-bond donors (Lipinski definition) is 2. The number of fused-ring (bicyclic) bond motifs is 1. The molecule has 1 aliphatic carbocycles. The van der Waals surface area contributed by atoms with Crippen LogP contribution < -0.4 is 10.6 Å². The average molecular weight is 277 g/mol. The summed E-state index contributed by atoms with van der Waals surface area (Å²) in [6.45, 7) is 2.09. The minimum absolute atomic E-state index is 0.204. The quantitative estimate of drug-likeness (QED) is 0.576. The molecule has 0 radical (unpaired) electrons. The molecular weight excluding hydrogens is 254 g/mol. The van der Waals surface area contributed by atoms with Gasteiger partial charge in [0.25, 0.3) is 0 Å². The zero-order chi connectivity index (χ0) is 14.4. The van der Waals surface area contributed by atoms with Gasteiger partial charge in [-0.15, -0.1) is 0 Å². The summed E-state index contributed by atoms with van der Waals surface area (Å²) in [6.07, 6.45) is 6.66. The van der Waals surface area contributed by atoms with Gasteiger partial charge in [0.2, 0.25) is 0 Å². The van der Waals surface area contributed by atoms with Gasteiger partial charge in [0.15, 0.2) is 0 Å². The molecule has 0 spiro atoms. The molecule has 1 aliphatic rings. The Morgan fingerprint density at radius 1 is 1.35 bits per heavy atom. The van der Waals surface area contributed by atoms with Crippen LogP contribution in [-0.4, -0.2) is 42.6 Å². The number of ether oxygens (including phenoxy) is 1. The lowest BCUT2D eigenvalue weighted by Gasteiger charge is -2.27. The van der Waals surface area contributed by atoms with E-state index >= 15 is 0 Å². The second-order valence-corrected chi connectivity index (χ2v) is 5.08. The van der Waals surface area contributed by atoms with Gasteiger partial charge in [0, 0.05) is 37.9 Å². The number of anilines is 1. The predicted molar refractivity (Wildman–Crippen MR) is 79.3 cm³/mol. The molecule has 0 amide bonds. The fourth-order valence-corrected chi connectivity index (χ4v) is 2.56. The Morgan fingerprint density at radius 3 is 2.90 bits per heavy atom. The smallest absolute Gasteiger partial charge is 0.135 e. The van der Waals surface area contributed by atoms with Crippen molar-refractivity contribution in [3.05, 3.63) is 17.6 Å². The summed E-state index contributed by atoms with van der Waals surface area (Å²) in [4.78, 5) is 11.0. The van der Waals surface area contributed by atoms with Gasteiger partial charge in [-0.2, -0.15) is 0 Å². The molecule has 0 unspecified atom stereocenters. The Morgan fingerprint density at radius 2 is 2.15 bits per heavy atom. The first kappa shape index (κ1) is 14.7. The Balaban J connectivity index is 2.20. The molecule has 3 N–H and O–H groups in total. The van der Waals surface area contributed by atoms with Crippen LogP contribution >= 0.6 is 0 Å². The molecule has 20 heavy (non-hydrogen) atoms. The summed E-state index contributed by atoms with van der Waals surface area (Å²) in [5.41, 5.74) is 7.91. The molecule has 0 saturated carbocycles. The highest BCUT2D eigenvalue weighted by Gasteiger charge is 2.19. The van der Waals surface area contributed by atoms with Gasteiger partial charge in [-0.25, -0.2) is 9.97 Å². The van der Waals surface area contributed by atoms with Gasteiger partial charge in [-0.3, -0.25) is 5.41 Å². The molecule has 0 bridgehead atoms. The van der Waals surface area contributed by atoms with Crippen LogP contribution in [0.5, 0.6) is 0 Å². The van der Waals surface area contributed by atoms with Crippen molar-refractivity contribution in [2.24, 2.45) is 5.73 Å². The summed E-state index contributed by atoms with van der Waals surface area (Å²) < 4.78 is 5.17. The number of aromatic nitrogens is 2. The van der Waals surface area contributed by atoms with Gasteiger partial charge in [-0.05, 0) is 25.7 Å². The van der Waals surface area contributed by atoms with Crippen molar-refractivity contribution >= 4 is 11.7 Å². The normalized spacial score (nSPS) is 13.8. The minimum atomic E-state index is 0.204. The lowest BCUT2D eigenvalue weighted by molar-refractivity contribution is 0.205. The lowest BCUT2D eigenvalue weighted by atomic mass is 9.96. The van der Waals surface area contributed by atoms with Crippen molar-refractivity contribution in [1.82, 2.24) is 9.97 Å². The van der Waals surface area contributed by atoms with E-state index in [0.717, 1.165) is 25.2 Å². The van der Waals surface area contributed by atoms with Crippen LogP contribution in [0.25, 0.3) is 0 Å². The predicted octanol–water partition coefficient (Wildman–Crippen LogP) is 1.13. The third kappa shape index (κ3) is 3.66. The molecule has 0 aliphatic heterocycles. The topological polar surface area (TPSA) is 88.1 Å². The molecule has 6 heteroatoms. The summed E-state index contributed by atoms with van der Waals surface area (Å²) >= 11 is 0. The van der Waals surface area contributed by atoms with Crippen LogP contribution in [0.2, 0.25) is 0 Å². The van der Waals surface area contributed by atoms with E-state index in [2.05, 4.69) is 14.9 Å². The highest BCUT2D eigenvalue weighted by molar-refractivity contribution is 5.77. The van der Waals surface area contributed by atoms with E-state index in [-0.39, 0.29) is 5.84 Å². The van der Waals surface area contributed by atoms with Gasteiger partial charge in [0.1, 0.15) is 12.1 Å². The zero-order valence-electron chi connectivity index (χ0n) is 12.1. The summed E-state index contributed by atoms with van der Waals surface area (Å²) in [5, 5.41) is 7.40. The molecule has 0 fully saturated rings. The highest BCUT2D eigenvalue weighted by atomic mass is 16.5. The number of nitrogens with one attached hydrogen (secondary N) is 1. The SMILES string of the molecule is COCCN(CCC(=N)N)c1ncnc2c1CCCC2. The van der Waals surface area contributed by atoms with E-state index in [4.69, 9.17) is 15.9 Å². The Bertz CT molecular complexity index is 463. The molecule has 0 aromatic carbocycles. The number of hydrogen-bond acceptors (Lipinski definition) is 5. The van der Waals surface area contributed by atoms with E-state index in [0.29, 0.717) is 19.6 Å². The third-order valence-electron chi connectivity index (χ3n) is 3.62. The second kappa shape index (κ2) is 7.19. The largest absolute Gasteiger partial charge is 0.388 e. The van der Waals surface area contributed by atoms with Crippen LogP contribution in [0, 0.1) is 5.41 Å². The first-order chi connectivity index (χ1) is 9.72. The molecular formula is C14H23N5O. The Hall–Kier alpha value is -1.69. The maximum absolute atomic E-state index is 7.40. The van der Waals surface area contributed by atoms with Crippen molar-refractivity contribution in [3.8, 4) is 0 Å². The monoisotopic (exact) mass is 277 g/mol. The van der Waals surface area contributed by atoms with Gasteiger partial charge < -0.3 is 15.4 Å². The fraction of sp³-hybridized carbons (Fsp3) is 0.643. The van der Waals surface area contributed by atoms with Crippen molar-refractivity contribution in [1.29, 1.82) is 5.41 Å². The molecule has 1 heterocycles. The van der Waals surface area contributed by atoms with E-state index in [9.17, 15) is 0 Å². The Kier molecular flexibility index (Phi) is 5.29. The maximum atomic E-state index is 7.40. The summed E-state index contributed by atoms with van der Waals surface area (Å²) in [6, 6.07) is 0. The molecule has 6 nitrogen and oxygen atoms in total. The summed E-state index contributed by atoms with van der Waals surface area (Å²) in [5.74, 6) is 1.20. The Labute approximate surface area is 119 Å². The standard InChI is InChI=1S/C14H23N5O/c1-20-9-8-19(7-6-13(15)16)14-11-4-2-3-5-12(11)17-10-18-14/h10H,2-9H2,1H3,(H3,15,16). The number of nitrogens with two attached hydrogens (primary N) is 1. The first-order valence-corrected chi connectivity index (χ1v) is 7.12. The van der Waals surface area contributed by atoms with Crippen LogP contribution in [0.1, 0.15) is 30.5 Å². The number of aryl methyl sites for hydroxylation is 1. The number of nitrogens with zero attached hydrogens (tertiary/aromatic N) is 3. The van der Waals surface area contributed by atoms with Crippen molar-refractivity contribution < 1.29 is 4.74 Å². The van der Waals surface area contributed by atoms with Crippen LogP contribution in [-0.2, 0) is 17.6 Å². The van der Waals surface area contributed by atoms with E-state index < -0.39 is 0 Å². The van der Waals surface area contributed by atoms with Crippen molar-refractivity contribution in [2.75, 3.05) is 31.7 Å². The number of methoxy groups -OCH3 is 1. The number of amidine groups is 1. The van der Waals surface area contributed by atoms with E-state index in [1.807, 2.05) is 0 Å². The fourth-order valence-electron chi connectivity index (χ4n) is 2.56. The molecule has 110 valence electrons. The molecule has 1 aromatic heterocycles. The van der Waals surface area contributed by atoms with Gasteiger partial charge in [0.05, 0.1) is 12.4 Å². The third-order valence-corrected chi connectivity index (χ3v) is 3.62. The van der Waals surface area contributed by atoms with Crippen molar-refractivity contribution in [3.63, 3.8) is 0 Å². The van der Waals surface area contributed by atoms with Gasteiger partial charge >= 0.3 is 0 Å². The van der Waals surface area contributed by atoms with Crippen LogP contribution in [0.15, 0.2) is 6.33 Å². The summed E-state index contributed by atoms with van der Waals surface area (Å²) in [7, 11) is 1.69. The van der Waals surface area contributed by atoms with E-state index in [1.165, 1.54) is 24.1 Å². The molecule has 1 aromatic rings. The molecule has 0 saturated heterocycles. The van der Waals surface area contributed by atoms with Crippen LogP contribution in [0.3, 0.4) is 0 Å². The maximum Gasteiger partial charge on any atom is 0.135 e. The highest BCUT2D eigenvalue weighted by Crippen LogP contribution is 2.27. The average Bonchev–Trinajstić information content (AvgIpc) is 2.47. The lowest BCUT2D eigenvalue weighted by Crippen LogP contribution is -2.33. The first-order valence-electron chi connectivity index (χ1n) is 7.12. The molecule has 2 rings (SSSR count). The van der Waals surface area contributed by atoms with Gasteiger partial charge in [-0.1, -0.05) is 0 Å². The number of rotatable bonds is 7. The van der Waals surface area contributed by atoms with Crippen LogP contribution in [0.4, 0.5) is 5.82 Å². The minimum Gasteiger partial charge on any atom is -0.388 e. The van der Waals surface area contributed by atoms with E-state index in [1.54, 1.807) is 13.4 Å². The second-order valence-electron chi connectivity index (χ2n) is 5.08. The van der Waals surface area contributed by atoms with Crippen molar-refractivity contribution in [2.45, 2.75) is 32.1 Å². The zero-order valence-corrected chi connectivity index (χ0v) is 12.1.